The van der Waals surface area contributed by atoms with Crippen LogP contribution in [0, 0.1) is 6.42 Å². The zero-order chi connectivity index (χ0) is 9.19. The summed E-state index contributed by atoms with van der Waals surface area (Å²) in [5, 5.41) is 0. The van der Waals surface area contributed by atoms with Crippen molar-refractivity contribution < 1.29 is 0 Å². The molecule has 0 saturated carbocycles. The van der Waals surface area contributed by atoms with Crippen LogP contribution in [0.3, 0.4) is 0 Å². The maximum absolute atomic E-state index is 2.32. The Balaban J connectivity index is 2.28. The quantitative estimate of drug-likeness (QED) is 0.484. The molecule has 0 nitrogen and oxygen atoms in total. The fourth-order valence-electron chi connectivity index (χ4n) is 1.37. The predicted molar refractivity (Wildman–Crippen MR) is 59.4 cm³/mol. The minimum atomic E-state index is 1.17. The molecule has 0 spiro atoms. The molecule has 0 saturated heterocycles. The summed E-state index contributed by atoms with van der Waals surface area (Å²) in [6.45, 7) is 0. The first kappa shape index (κ1) is 10.3. The third-order valence-corrected chi connectivity index (χ3v) is 2.15. The van der Waals surface area contributed by atoms with Crippen molar-refractivity contribution in [3.8, 4) is 0 Å². The van der Waals surface area contributed by atoms with Crippen molar-refractivity contribution in [1.29, 1.82) is 0 Å². The van der Waals surface area contributed by atoms with Gasteiger partial charge in [0.2, 0.25) is 0 Å². The first-order valence-electron chi connectivity index (χ1n) is 5.30. The van der Waals surface area contributed by atoms with Crippen LogP contribution in [-0.2, 0) is 0 Å². The Kier molecular flexibility index (Phi) is 6.22. The topological polar surface area (TPSA) is 0 Å². The van der Waals surface area contributed by atoms with Gasteiger partial charge in [-0.2, -0.15) is 0 Å². The third kappa shape index (κ3) is 6.39. The standard InChI is InChI=1S/C13H19/c1-2-4-6-8-10-12-13-11-9-7-5-3-1/h1-5,10,12H,6-9,11,13H2/b4-2+,5-3+,12-10+. The van der Waals surface area contributed by atoms with Crippen molar-refractivity contribution in [3.63, 3.8) is 0 Å². The molecular formula is C13H19. The van der Waals surface area contributed by atoms with Gasteiger partial charge in [-0.1, -0.05) is 36.5 Å². The smallest absolute Gasteiger partial charge is 0.00441 e. The van der Waals surface area contributed by atoms with Gasteiger partial charge < -0.3 is 0 Å². The molecule has 0 bridgehead atoms. The molecule has 1 rings (SSSR count). The van der Waals surface area contributed by atoms with E-state index in [1.165, 1.54) is 38.5 Å². The van der Waals surface area contributed by atoms with Crippen LogP contribution in [0.4, 0.5) is 0 Å². The average Bonchev–Trinajstić information content (AvgIpc) is 2.18. The van der Waals surface area contributed by atoms with E-state index in [0.29, 0.717) is 0 Å². The molecule has 0 heterocycles. The Labute approximate surface area is 82.0 Å². The maximum Gasteiger partial charge on any atom is 0.00441 e. The highest BCUT2D eigenvalue weighted by molar-refractivity contribution is 5.08. The van der Waals surface area contributed by atoms with Crippen molar-refractivity contribution in [3.05, 3.63) is 42.9 Å². The van der Waals surface area contributed by atoms with E-state index in [1.807, 2.05) is 0 Å². The second-order valence-electron chi connectivity index (χ2n) is 3.38. The molecule has 0 unspecified atom stereocenters. The van der Waals surface area contributed by atoms with Crippen LogP contribution >= 0.6 is 0 Å². The fraction of sp³-hybridized carbons (Fsp3) is 0.462. The molecule has 1 radical (unpaired) electrons. The van der Waals surface area contributed by atoms with Crippen LogP contribution in [0.2, 0.25) is 0 Å². The van der Waals surface area contributed by atoms with E-state index in [2.05, 4.69) is 42.9 Å². The summed E-state index contributed by atoms with van der Waals surface area (Å²) in [7, 11) is 0. The van der Waals surface area contributed by atoms with E-state index in [0.717, 1.165) is 0 Å². The van der Waals surface area contributed by atoms with E-state index < -0.39 is 0 Å². The van der Waals surface area contributed by atoms with Gasteiger partial charge in [-0.15, -0.1) is 0 Å². The molecule has 0 aromatic heterocycles. The van der Waals surface area contributed by atoms with Gasteiger partial charge in [-0.05, 0) is 38.5 Å². The number of hydrogen-bond donors (Lipinski definition) is 0. The highest BCUT2D eigenvalue weighted by Gasteiger charge is 1.84. The van der Waals surface area contributed by atoms with E-state index in [1.54, 1.807) is 0 Å². The number of allylic oxidation sites excluding steroid dienone is 6. The lowest BCUT2D eigenvalue weighted by Gasteiger charge is -1.92. The second kappa shape index (κ2) is 7.85. The zero-order valence-corrected chi connectivity index (χ0v) is 8.28. The molecular weight excluding hydrogens is 156 g/mol. The van der Waals surface area contributed by atoms with E-state index >= 15 is 0 Å². The summed E-state index contributed by atoms with van der Waals surface area (Å²) in [4.78, 5) is 0. The van der Waals surface area contributed by atoms with Crippen LogP contribution in [0.25, 0.3) is 0 Å². The molecule has 71 valence electrons. The zero-order valence-electron chi connectivity index (χ0n) is 8.28. The fourth-order valence-corrected chi connectivity index (χ4v) is 1.37. The minimum Gasteiger partial charge on any atom is -0.0885 e. The molecule has 0 fully saturated rings. The lowest BCUT2D eigenvalue weighted by Crippen LogP contribution is -1.72. The highest BCUT2D eigenvalue weighted by atomic mass is 13.9. The van der Waals surface area contributed by atoms with Crippen molar-refractivity contribution in [2.45, 2.75) is 38.5 Å². The molecule has 0 amide bonds. The molecule has 0 N–H and O–H groups in total. The maximum atomic E-state index is 2.32. The molecule has 0 aliphatic heterocycles. The number of rotatable bonds is 0. The molecule has 0 heteroatoms. The van der Waals surface area contributed by atoms with Crippen LogP contribution < -0.4 is 0 Å². The molecule has 0 aromatic carbocycles. The molecule has 13 heavy (non-hydrogen) atoms. The Morgan fingerprint density at radius 3 is 1.92 bits per heavy atom. The lowest BCUT2D eigenvalue weighted by molar-refractivity contribution is 0.760. The predicted octanol–water partition coefficient (Wildman–Crippen LogP) is 4.21. The molecule has 0 atom stereocenters. The second-order valence-corrected chi connectivity index (χ2v) is 3.38. The summed E-state index contributed by atoms with van der Waals surface area (Å²) in [6, 6.07) is 0. The largest absolute Gasteiger partial charge is 0.0885 e. The minimum absolute atomic E-state index is 1.17. The summed E-state index contributed by atoms with van der Waals surface area (Å²) in [5.41, 5.74) is 0. The Bertz CT molecular complexity index is 184. The van der Waals surface area contributed by atoms with Crippen LogP contribution in [-0.4, -0.2) is 0 Å². The SMILES string of the molecule is [CH]1/C=C/CC/C=C/CCCC/C=C/1. The monoisotopic (exact) mass is 175 g/mol. The van der Waals surface area contributed by atoms with Crippen molar-refractivity contribution >= 4 is 0 Å². The Hall–Kier alpha value is -0.780. The van der Waals surface area contributed by atoms with Crippen molar-refractivity contribution in [2.24, 2.45) is 0 Å². The lowest BCUT2D eigenvalue weighted by atomic mass is 10.1. The average molecular weight is 175 g/mol. The van der Waals surface area contributed by atoms with Gasteiger partial charge in [-0.3, -0.25) is 0 Å². The third-order valence-electron chi connectivity index (χ3n) is 2.15. The highest BCUT2D eigenvalue weighted by Crippen LogP contribution is 2.04. The van der Waals surface area contributed by atoms with Crippen molar-refractivity contribution in [1.82, 2.24) is 0 Å². The molecule has 0 aromatic rings. The van der Waals surface area contributed by atoms with E-state index in [-0.39, 0.29) is 0 Å². The van der Waals surface area contributed by atoms with Gasteiger partial charge in [0, 0.05) is 6.42 Å². The summed E-state index contributed by atoms with van der Waals surface area (Å²) in [5.74, 6) is 0. The Morgan fingerprint density at radius 2 is 1.08 bits per heavy atom. The Morgan fingerprint density at radius 1 is 0.538 bits per heavy atom. The molecule has 1 aliphatic carbocycles. The van der Waals surface area contributed by atoms with Gasteiger partial charge in [0.05, 0.1) is 0 Å². The number of hydrogen-bond acceptors (Lipinski definition) is 0. The van der Waals surface area contributed by atoms with Gasteiger partial charge >= 0.3 is 0 Å². The van der Waals surface area contributed by atoms with E-state index in [9.17, 15) is 0 Å². The molecule has 1 aliphatic rings. The van der Waals surface area contributed by atoms with Crippen LogP contribution in [0.1, 0.15) is 38.5 Å². The first-order valence-corrected chi connectivity index (χ1v) is 5.30. The van der Waals surface area contributed by atoms with E-state index in [4.69, 9.17) is 0 Å². The van der Waals surface area contributed by atoms with Gasteiger partial charge in [0.15, 0.2) is 0 Å². The summed E-state index contributed by atoms with van der Waals surface area (Å²) >= 11 is 0. The summed E-state index contributed by atoms with van der Waals surface area (Å²) < 4.78 is 0. The first-order chi connectivity index (χ1) is 6.50. The van der Waals surface area contributed by atoms with Crippen molar-refractivity contribution in [2.75, 3.05) is 0 Å². The summed E-state index contributed by atoms with van der Waals surface area (Å²) in [6.07, 6.45) is 23.0. The van der Waals surface area contributed by atoms with Crippen LogP contribution in [0.15, 0.2) is 36.5 Å². The van der Waals surface area contributed by atoms with Gasteiger partial charge in [0.1, 0.15) is 0 Å². The van der Waals surface area contributed by atoms with Crippen LogP contribution in [0.5, 0.6) is 0 Å². The van der Waals surface area contributed by atoms with Gasteiger partial charge in [0.25, 0.3) is 0 Å². The normalized spacial score (nSPS) is 27.7. The van der Waals surface area contributed by atoms with Gasteiger partial charge in [-0.25, -0.2) is 0 Å².